The smallest absolute Gasteiger partial charge is 0.138 e. The van der Waals surface area contributed by atoms with Crippen LogP contribution in [0.1, 0.15) is 11.4 Å². The Kier molecular flexibility index (Phi) is 6.69. The molecule has 1 heterocycles. The lowest BCUT2D eigenvalue weighted by Gasteiger charge is -2.14. The second-order valence-electron chi connectivity index (χ2n) is 3.49. The van der Waals surface area contributed by atoms with Gasteiger partial charge in [0.25, 0.3) is 0 Å². The van der Waals surface area contributed by atoms with Crippen LogP contribution in [0, 0.1) is 6.92 Å². The number of nitrogens with zero attached hydrogens (tertiary/aromatic N) is 2. The van der Waals surface area contributed by atoms with Crippen LogP contribution in [0.5, 0.6) is 0 Å². The van der Waals surface area contributed by atoms with Crippen molar-refractivity contribution in [2.75, 3.05) is 23.8 Å². The molecule has 1 aromatic heterocycles. The SMILES string of the molecule is Cc1nc(Cl)c(CC(Br)CBr)c(NCCO)n1. The average molecular weight is 388 g/mol. The lowest BCUT2D eigenvalue weighted by Crippen LogP contribution is -2.14. The Hall–Kier alpha value is 0.0900. The zero-order valence-electron chi connectivity index (χ0n) is 9.38. The Morgan fingerprint density at radius 3 is 2.76 bits per heavy atom. The first-order valence-corrected chi connectivity index (χ1v) is 7.57. The number of hydrogen-bond acceptors (Lipinski definition) is 4. The number of aliphatic hydroxyl groups is 1. The first-order chi connectivity index (χ1) is 8.08. The van der Waals surface area contributed by atoms with Crippen LogP contribution in [-0.2, 0) is 6.42 Å². The maximum atomic E-state index is 8.83. The summed E-state index contributed by atoms with van der Waals surface area (Å²) in [6.45, 7) is 2.28. The van der Waals surface area contributed by atoms with Gasteiger partial charge in [-0.15, -0.1) is 0 Å². The maximum absolute atomic E-state index is 8.83. The van der Waals surface area contributed by atoms with Crippen LogP contribution in [0.25, 0.3) is 0 Å². The zero-order valence-corrected chi connectivity index (χ0v) is 13.3. The number of aryl methyl sites for hydroxylation is 1. The lowest BCUT2D eigenvalue weighted by atomic mass is 10.2. The number of aliphatic hydroxyl groups excluding tert-OH is 1. The number of rotatable bonds is 6. The summed E-state index contributed by atoms with van der Waals surface area (Å²) in [5.74, 6) is 1.31. The van der Waals surface area contributed by atoms with Gasteiger partial charge in [0.15, 0.2) is 0 Å². The summed E-state index contributed by atoms with van der Waals surface area (Å²) < 4.78 is 0. The molecule has 0 amide bonds. The van der Waals surface area contributed by atoms with Crippen molar-refractivity contribution >= 4 is 49.3 Å². The van der Waals surface area contributed by atoms with Crippen molar-refractivity contribution in [3.63, 3.8) is 0 Å². The summed E-state index contributed by atoms with van der Waals surface area (Å²) in [6, 6.07) is 0. The molecule has 0 aromatic carbocycles. The fourth-order valence-corrected chi connectivity index (χ4v) is 2.18. The number of hydrogen-bond donors (Lipinski definition) is 2. The van der Waals surface area contributed by atoms with E-state index in [-0.39, 0.29) is 11.4 Å². The number of anilines is 1. The largest absolute Gasteiger partial charge is 0.395 e. The summed E-state index contributed by atoms with van der Waals surface area (Å²) in [4.78, 5) is 8.72. The highest BCUT2D eigenvalue weighted by Gasteiger charge is 2.15. The van der Waals surface area contributed by atoms with E-state index >= 15 is 0 Å². The Morgan fingerprint density at radius 1 is 1.47 bits per heavy atom. The minimum absolute atomic E-state index is 0.0519. The van der Waals surface area contributed by atoms with Gasteiger partial charge in [0.05, 0.1) is 6.61 Å². The van der Waals surface area contributed by atoms with Crippen LogP contribution in [0.15, 0.2) is 0 Å². The van der Waals surface area contributed by atoms with Gasteiger partial charge >= 0.3 is 0 Å². The van der Waals surface area contributed by atoms with Crippen molar-refractivity contribution in [1.82, 2.24) is 9.97 Å². The Balaban J connectivity index is 2.97. The van der Waals surface area contributed by atoms with E-state index in [1.807, 2.05) is 0 Å². The molecule has 17 heavy (non-hydrogen) atoms. The summed E-state index contributed by atoms with van der Waals surface area (Å²) in [5, 5.41) is 13.2. The third-order valence-electron chi connectivity index (χ3n) is 2.07. The second kappa shape index (κ2) is 7.51. The molecule has 7 heteroatoms. The highest BCUT2D eigenvalue weighted by atomic mass is 79.9. The van der Waals surface area contributed by atoms with E-state index in [0.717, 1.165) is 17.3 Å². The molecule has 0 radical (unpaired) electrons. The van der Waals surface area contributed by atoms with Gasteiger partial charge in [0, 0.05) is 22.3 Å². The van der Waals surface area contributed by atoms with Crippen LogP contribution in [0.4, 0.5) is 5.82 Å². The zero-order chi connectivity index (χ0) is 12.8. The Bertz CT molecular complexity index is 379. The van der Waals surface area contributed by atoms with Crippen molar-refractivity contribution in [3.05, 3.63) is 16.5 Å². The summed E-state index contributed by atoms with van der Waals surface area (Å²) in [6.07, 6.45) is 0.720. The van der Waals surface area contributed by atoms with Gasteiger partial charge in [-0.1, -0.05) is 43.5 Å². The molecule has 0 fully saturated rings. The van der Waals surface area contributed by atoms with Gasteiger partial charge in [0.2, 0.25) is 0 Å². The molecule has 2 N–H and O–H groups in total. The minimum atomic E-state index is 0.0519. The van der Waals surface area contributed by atoms with Crippen LogP contribution in [0.2, 0.25) is 5.15 Å². The van der Waals surface area contributed by atoms with Crippen molar-refractivity contribution < 1.29 is 5.11 Å². The minimum Gasteiger partial charge on any atom is -0.395 e. The van der Waals surface area contributed by atoms with Crippen LogP contribution in [-0.4, -0.2) is 38.4 Å². The van der Waals surface area contributed by atoms with E-state index in [9.17, 15) is 0 Å². The van der Waals surface area contributed by atoms with E-state index in [4.69, 9.17) is 16.7 Å². The third-order valence-corrected chi connectivity index (χ3v) is 4.68. The third kappa shape index (κ3) is 4.69. The number of alkyl halides is 2. The van der Waals surface area contributed by atoms with Crippen molar-refractivity contribution in [2.45, 2.75) is 18.2 Å². The molecule has 0 saturated carbocycles. The fourth-order valence-electron chi connectivity index (χ4n) is 1.34. The molecule has 4 nitrogen and oxygen atoms in total. The molecule has 1 aromatic rings. The normalized spacial score (nSPS) is 12.5. The standard InChI is InChI=1S/C10H14Br2ClN3O/c1-6-15-9(13)8(4-7(12)5-11)10(16-6)14-2-3-17/h7,17H,2-5H2,1H3,(H,14,15,16). The molecule has 0 aliphatic rings. The molecule has 1 rings (SSSR count). The molecule has 1 unspecified atom stereocenters. The number of aromatic nitrogens is 2. The highest BCUT2D eigenvalue weighted by molar-refractivity contribution is 9.12. The van der Waals surface area contributed by atoms with E-state index in [1.165, 1.54) is 0 Å². The van der Waals surface area contributed by atoms with Crippen LogP contribution < -0.4 is 5.32 Å². The molecule has 96 valence electrons. The van der Waals surface area contributed by atoms with Gasteiger partial charge < -0.3 is 10.4 Å². The van der Waals surface area contributed by atoms with E-state index < -0.39 is 0 Å². The molecule has 1 atom stereocenters. The summed E-state index contributed by atoms with van der Waals surface area (Å²) in [7, 11) is 0. The second-order valence-corrected chi connectivity index (χ2v) is 5.80. The topological polar surface area (TPSA) is 58.0 Å². The number of nitrogens with one attached hydrogen (secondary N) is 1. The molecule has 0 saturated heterocycles. The molecule has 0 spiro atoms. The van der Waals surface area contributed by atoms with Gasteiger partial charge in [-0.25, -0.2) is 9.97 Å². The monoisotopic (exact) mass is 385 g/mol. The molecule has 0 aliphatic heterocycles. The summed E-state index contributed by atoms with van der Waals surface area (Å²) in [5.41, 5.74) is 0.868. The van der Waals surface area contributed by atoms with Crippen molar-refractivity contribution in [1.29, 1.82) is 0 Å². The van der Waals surface area contributed by atoms with Gasteiger partial charge in [-0.3, -0.25) is 0 Å². The van der Waals surface area contributed by atoms with Gasteiger partial charge in [-0.05, 0) is 13.3 Å². The quantitative estimate of drug-likeness (QED) is 0.582. The molecular formula is C10H14Br2ClN3O. The van der Waals surface area contributed by atoms with Gasteiger partial charge in [0.1, 0.15) is 16.8 Å². The summed E-state index contributed by atoms with van der Waals surface area (Å²) >= 11 is 13.1. The Morgan fingerprint density at radius 2 is 2.18 bits per heavy atom. The van der Waals surface area contributed by atoms with Crippen LogP contribution >= 0.6 is 43.5 Å². The highest BCUT2D eigenvalue weighted by Crippen LogP contribution is 2.25. The lowest BCUT2D eigenvalue weighted by molar-refractivity contribution is 0.311. The fraction of sp³-hybridized carbons (Fsp3) is 0.600. The predicted molar refractivity (Wildman–Crippen MR) is 77.6 cm³/mol. The van der Waals surface area contributed by atoms with Crippen molar-refractivity contribution in [3.8, 4) is 0 Å². The van der Waals surface area contributed by atoms with Gasteiger partial charge in [-0.2, -0.15) is 0 Å². The Labute approximate surface area is 122 Å². The number of halogens is 3. The first-order valence-electron chi connectivity index (χ1n) is 5.16. The molecule has 0 aliphatic carbocycles. The molecular weight excluding hydrogens is 373 g/mol. The first kappa shape index (κ1) is 15.1. The maximum Gasteiger partial charge on any atom is 0.138 e. The predicted octanol–water partition coefficient (Wildman–Crippen LogP) is 2.54. The van der Waals surface area contributed by atoms with E-state index in [2.05, 4.69) is 47.1 Å². The van der Waals surface area contributed by atoms with Crippen molar-refractivity contribution in [2.24, 2.45) is 0 Å². The van der Waals surface area contributed by atoms with E-state index in [1.54, 1.807) is 6.92 Å². The molecule has 0 bridgehead atoms. The average Bonchev–Trinajstić information content (AvgIpc) is 2.29. The van der Waals surface area contributed by atoms with Crippen LogP contribution in [0.3, 0.4) is 0 Å². The van der Waals surface area contributed by atoms with E-state index in [0.29, 0.717) is 23.3 Å².